The van der Waals surface area contributed by atoms with Gasteiger partial charge in [0, 0.05) is 17.8 Å². The fraction of sp³-hybridized carbons (Fsp3) is 0.125. The Bertz CT molecular complexity index is 475. The summed E-state index contributed by atoms with van der Waals surface area (Å²) in [6, 6.07) is 1.81. The number of fused-ring (bicyclic) bond motifs is 1. The molecule has 4 nitrogen and oxygen atoms in total. The molecule has 1 N–H and O–H groups in total. The molecule has 2 rings (SSSR count). The van der Waals surface area contributed by atoms with Crippen LogP contribution in [0.2, 0.25) is 0 Å². The Balaban J connectivity index is 2.97. The summed E-state index contributed by atoms with van der Waals surface area (Å²) in [5.41, 5.74) is 1.24. The van der Waals surface area contributed by atoms with Crippen LogP contribution in [0.3, 0.4) is 0 Å². The molecule has 0 fully saturated rings. The molecule has 12 heavy (non-hydrogen) atoms. The van der Waals surface area contributed by atoms with E-state index in [1.165, 1.54) is 0 Å². The van der Waals surface area contributed by atoms with Gasteiger partial charge in [-0.1, -0.05) is 0 Å². The van der Waals surface area contributed by atoms with E-state index in [1.54, 1.807) is 12.4 Å². The minimum atomic E-state index is -0.335. The Morgan fingerprint density at radius 1 is 1.42 bits per heavy atom. The molecule has 0 aromatic carbocycles. The molecule has 4 heteroatoms. The molecule has 0 amide bonds. The standard InChI is InChI=1S/C8H7N3O/c1-5-7-6(2-3-9-5)4-10-8(12)11-7/h2-4H,1H3,(H,10,11,12). The van der Waals surface area contributed by atoms with Crippen molar-refractivity contribution in [2.24, 2.45) is 0 Å². The quantitative estimate of drug-likeness (QED) is 0.616. The van der Waals surface area contributed by atoms with E-state index >= 15 is 0 Å². The van der Waals surface area contributed by atoms with E-state index in [2.05, 4.69) is 15.0 Å². The Labute approximate surface area is 68.3 Å². The lowest BCUT2D eigenvalue weighted by Gasteiger charge is -1.97. The molecule has 0 saturated carbocycles. The molecule has 0 aliphatic carbocycles. The maximum absolute atomic E-state index is 10.8. The summed E-state index contributed by atoms with van der Waals surface area (Å²) < 4.78 is 0. The molecule has 0 spiro atoms. The fourth-order valence-electron chi connectivity index (χ4n) is 1.12. The van der Waals surface area contributed by atoms with Crippen molar-refractivity contribution in [2.75, 3.05) is 0 Å². The van der Waals surface area contributed by atoms with Crippen LogP contribution in [0.4, 0.5) is 0 Å². The first-order valence-electron chi connectivity index (χ1n) is 3.58. The Morgan fingerprint density at radius 2 is 2.25 bits per heavy atom. The summed E-state index contributed by atoms with van der Waals surface area (Å²) in [5.74, 6) is 0. The third-order valence-corrected chi connectivity index (χ3v) is 1.73. The van der Waals surface area contributed by atoms with Gasteiger partial charge in [0.25, 0.3) is 0 Å². The van der Waals surface area contributed by atoms with Crippen LogP contribution >= 0.6 is 0 Å². The number of aromatic nitrogens is 3. The smallest absolute Gasteiger partial charge is 0.304 e. The van der Waals surface area contributed by atoms with Crippen molar-refractivity contribution >= 4 is 10.9 Å². The second-order valence-electron chi connectivity index (χ2n) is 2.55. The first-order valence-corrected chi connectivity index (χ1v) is 3.58. The molecule has 0 unspecified atom stereocenters. The number of aryl methyl sites for hydroxylation is 1. The van der Waals surface area contributed by atoms with Crippen molar-refractivity contribution in [3.8, 4) is 0 Å². The zero-order chi connectivity index (χ0) is 8.55. The van der Waals surface area contributed by atoms with Gasteiger partial charge < -0.3 is 4.98 Å². The molecule has 0 atom stereocenters. The van der Waals surface area contributed by atoms with Crippen molar-refractivity contribution in [3.05, 3.63) is 34.6 Å². The highest BCUT2D eigenvalue weighted by Gasteiger charge is 1.97. The van der Waals surface area contributed by atoms with E-state index in [4.69, 9.17) is 0 Å². The number of hydrogen-bond acceptors (Lipinski definition) is 3. The first-order chi connectivity index (χ1) is 5.77. The lowest BCUT2D eigenvalue weighted by Crippen LogP contribution is -2.09. The molecule has 0 bridgehead atoms. The van der Waals surface area contributed by atoms with Crippen molar-refractivity contribution in [1.29, 1.82) is 0 Å². The largest absolute Gasteiger partial charge is 0.345 e. The lowest BCUT2D eigenvalue weighted by atomic mass is 10.2. The molecule has 0 saturated heterocycles. The maximum Gasteiger partial charge on any atom is 0.345 e. The molecule has 2 heterocycles. The van der Waals surface area contributed by atoms with Crippen LogP contribution in [0.1, 0.15) is 5.69 Å². The number of aromatic amines is 1. The highest BCUT2D eigenvalue weighted by Crippen LogP contribution is 2.08. The van der Waals surface area contributed by atoms with Gasteiger partial charge in [0.15, 0.2) is 0 Å². The van der Waals surface area contributed by atoms with Crippen LogP contribution < -0.4 is 5.69 Å². The topological polar surface area (TPSA) is 58.6 Å². The number of pyridine rings is 1. The van der Waals surface area contributed by atoms with E-state index in [0.29, 0.717) is 0 Å². The van der Waals surface area contributed by atoms with Crippen molar-refractivity contribution in [1.82, 2.24) is 15.0 Å². The number of H-pyrrole nitrogens is 1. The SMILES string of the molecule is Cc1nccc2cnc(=O)[nH]c12. The van der Waals surface area contributed by atoms with E-state index in [-0.39, 0.29) is 5.69 Å². The third kappa shape index (κ3) is 0.972. The second-order valence-corrected chi connectivity index (χ2v) is 2.55. The number of rotatable bonds is 0. The lowest BCUT2D eigenvalue weighted by molar-refractivity contribution is 1.09. The van der Waals surface area contributed by atoms with Gasteiger partial charge in [0.1, 0.15) is 0 Å². The third-order valence-electron chi connectivity index (χ3n) is 1.73. The minimum absolute atomic E-state index is 0.335. The Morgan fingerprint density at radius 3 is 3.08 bits per heavy atom. The summed E-state index contributed by atoms with van der Waals surface area (Å²) in [5, 5.41) is 0.905. The highest BCUT2D eigenvalue weighted by atomic mass is 16.1. The van der Waals surface area contributed by atoms with Crippen molar-refractivity contribution in [3.63, 3.8) is 0 Å². The van der Waals surface area contributed by atoms with Crippen LogP contribution in [0.5, 0.6) is 0 Å². The normalized spacial score (nSPS) is 10.4. The highest BCUT2D eigenvalue weighted by molar-refractivity contribution is 5.78. The van der Waals surface area contributed by atoms with E-state index in [0.717, 1.165) is 16.6 Å². The fourth-order valence-corrected chi connectivity index (χ4v) is 1.12. The van der Waals surface area contributed by atoms with Gasteiger partial charge in [-0.25, -0.2) is 9.78 Å². The van der Waals surface area contributed by atoms with E-state index < -0.39 is 0 Å². The average Bonchev–Trinajstić information content (AvgIpc) is 2.07. The molecule has 0 aliphatic rings. The zero-order valence-electron chi connectivity index (χ0n) is 6.53. The van der Waals surface area contributed by atoms with Crippen molar-refractivity contribution in [2.45, 2.75) is 6.92 Å². The minimum Gasteiger partial charge on any atom is -0.304 e. The van der Waals surface area contributed by atoms with Gasteiger partial charge in [-0.3, -0.25) is 4.98 Å². The number of hydrogen-bond donors (Lipinski definition) is 1. The van der Waals surface area contributed by atoms with Gasteiger partial charge in [-0.15, -0.1) is 0 Å². The van der Waals surface area contributed by atoms with E-state index in [9.17, 15) is 4.79 Å². The van der Waals surface area contributed by atoms with Crippen LogP contribution in [-0.2, 0) is 0 Å². The molecule has 0 radical (unpaired) electrons. The summed E-state index contributed by atoms with van der Waals surface area (Å²) in [7, 11) is 0. The molecular formula is C8H7N3O. The van der Waals surface area contributed by atoms with Gasteiger partial charge in [0.2, 0.25) is 0 Å². The Kier molecular flexibility index (Phi) is 1.40. The number of nitrogens with zero attached hydrogens (tertiary/aromatic N) is 2. The summed E-state index contributed by atoms with van der Waals surface area (Å²) >= 11 is 0. The second kappa shape index (κ2) is 2.41. The predicted molar refractivity (Wildman–Crippen MR) is 44.9 cm³/mol. The summed E-state index contributed by atoms with van der Waals surface area (Å²) in [6.07, 6.45) is 3.24. The van der Waals surface area contributed by atoms with Crippen molar-refractivity contribution < 1.29 is 0 Å². The van der Waals surface area contributed by atoms with Gasteiger partial charge >= 0.3 is 5.69 Å². The predicted octanol–water partition coefficient (Wildman–Crippen LogP) is 0.627. The molecule has 60 valence electrons. The Hall–Kier alpha value is -1.71. The molecular weight excluding hydrogens is 154 g/mol. The first kappa shape index (κ1) is 6.97. The van der Waals surface area contributed by atoms with Crippen LogP contribution in [0.15, 0.2) is 23.3 Å². The van der Waals surface area contributed by atoms with Gasteiger partial charge in [0.05, 0.1) is 11.2 Å². The molecule has 2 aromatic rings. The zero-order valence-corrected chi connectivity index (χ0v) is 6.53. The number of nitrogens with one attached hydrogen (secondary N) is 1. The monoisotopic (exact) mass is 161 g/mol. The average molecular weight is 161 g/mol. The van der Waals surface area contributed by atoms with Gasteiger partial charge in [-0.05, 0) is 13.0 Å². The maximum atomic E-state index is 10.8. The summed E-state index contributed by atoms with van der Waals surface area (Å²) in [4.78, 5) is 21.1. The van der Waals surface area contributed by atoms with E-state index in [1.807, 2.05) is 13.0 Å². The van der Waals surface area contributed by atoms with Crippen LogP contribution in [-0.4, -0.2) is 15.0 Å². The van der Waals surface area contributed by atoms with Gasteiger partial charge in [-0.2, -0.15) is 0 Å². The van der Waals surface area contributed by atoms with Crippen LogP contribution in [0.25, 0.3) is 10.9 Å². The molecule has 0 aliphatic heterocycles. The van der Waals surface area contributed by atoms with Crippen LogP contribution in [0, 0.1) is 6.92 Å². The summed E-state index contributed by atoms with van der Waals surface area (Å²) in [6.45, 7) is 1.85. The molecule has 2 aromatic heterocycles.